The first-order valence-electron chi connectivity index (χ1n) is 13.8. The normalized spacial score (nSPS) is 24.1. The average Bonchev–Trinajstić information content (AvgIpc) is 3.77. The number of piperidine rings is 1. The van der Waals surface area contributed by atoms with Crippen molar-refractivity contribution in [1.82, 2.24) is 14.5 Å². The van der Waals surface area contributed by atoms with Crippen LogP contribution in [0, 0.1) is 17.8 Å². The van der Waals surface area contributed by atoms with Crippen molar-refractivity contribution < 1.29 is 18.6 Å². The van der Waals surface area contributed by atoms with Crippen molar-refractivity contribution in [3.05, 3.63) is 39.8 Å². The molecule has 3 aromatic rings. The van der Waals surface area contributed by atoms with Crippen molar-refractivity contribution in [3.8, 4) is 5.75 Å². The summed E-state index contributed by atoms with van der Waals surface area (Å²) in [4.78, 5) is 24.4. The highest BCUT2D eigenvalue weighted by atomic mass is 35.5. The molecular formula is C28H33ClF2N6O3. The van der Waals surface area contributed by atoms with Crippen LogP contribution in [0.5, 0.6) is 5.75 Å². The molecule has 0 amide bonds. The third kappa shape index (κ3) is 4.94. The minimum Gasteiger partial charge on any atom is -0.480 e. The number of pyridine rings is 1. The van der Waals surface area contributed by atoms with Gasteiger partial charge in [0, 0.05) is 37.3 Å². The van der Waals surface area contributed by atoms with E-state index in [1.807, 2.05) is 6.92 Å². The number of nitrogens with zero attached hydrogens (tertiary/aromatic N) is 4. The number of alkyl halides is 2. The maximum Gasteiger partial charge on any atom is 0.301 e. The Morgan fingerprint density at radius 2 is 2.10 bits per heavy atom. The number of aliphatic hydroxyl groups is 1. The third-order valence-electron chi connectivity index (χ3n) is 8.08. The molecule has 0 bridgehead atoms. The van der Waals surface area contributed by atoms with Crippen LogP contribution in [0.1, 0.15) is 33.1 Å². The van der Waals surface area contributed by atoms with Gasteiger partial charge < -0.3 is 29.9 Å². The molecular weight excluding hydrogens is 542 g/mol. The van der Waals surface area contributed by atoms with Gasteiger partial charge in [-0.3, -0.25) is 4.79 Å². The lowest BCUT2D eigenvalue weighted by Gasteiger charge is -2.35. The van der Waals surface area contributed by atoms with Crippen molar-refractivity contribution in [1.29, 1.82) is 0 Å². The van der Waals surface area contributed by atoms with E-state index in [0.717, 1.165) is 13.0 Å². The zero-order valence-corrected chi connectivity index (χ0v) is 23.2. The number of halogens is 3. The predicted octanol–water partition coefficient (Wildman–Crippen LogP) is 4.88. The maximum atomic E-state index is 15.0. The number of hydrogen-bond donors (Lipinski definition) is 3. The number of aliphatic hydroxyl groups excluding tert-OH is 1. The van der Waals surface area contributed by atoms with E-state index >= 15 is 8.78 Å². The molecule has 3 N–H and O–H groups in total. The Morgan fingerprint density at radius 3 is 2.83 bits per heavy atom. The van der Waals surface area contributed by atoms with Gasteiger partial charge in [-0.25, -0.2) is 13.8 Å². The zero-order valence-electron chi connectivity index (χ0n) is 22.5. The van der Waals surface area contributed by atoms with Gasteiger partial charge in [-0.15, -0.1) is 0 Å². The summed E-state index contributed by atoms with van der Waals surface area (Å²) in [6.45, 7) is 5.00. The fraction of sp³-hybridized carbons (Fsp3) is 0.536. The summed E-state index contributed by atoms with van der Waals surface area (Å²) in [7, 11) is 0. The van der Waals surface area contributed by atoms with E-state index in [0.29, 0.717) is 65.2 Å². The molecule has 1 aromatic carbocycles. The molecule has 2 aliphatic heterocycles. The van der Waals surface area contributed by atoms with E-state index in [1.165, 1.54) is 4.57 Å². The number of aryl methyl sites for hydroxylation is 1. The molecule has 1 saturated heterocycles. The van der Waals surface area contributed by atoms with Gasteiger partial charge in [-0.1, -0.05) is 18.5 Å². The Morgan fingerprint density at radius 1 is 1.30 bits per heavy atom. The van der Waals surface area contributed by atoms with Crippen LogP contribution in [0.4, 0.5) is 31.9 Å². The number of hydrogen-bond acceptors (Lipinski definition) is 8. The van der Waals surface area contributed by atoms with Crippen LogP contribution in [0.15, 0.2) is 29.2 Å². The lowest BCUT2D eigenvalue weighted by atomic mass is 9.91. The molecule has 3 atom stereocenters. The summed E-state index contributed by atoms with van der Waals surface area (Å²) in [5, 5.41) is 16.9. The topological polar surface area (TPSA) is 105 Å². The lowest BCUT2D eigenvalue weighted by Crippen LogP contribution is -2.44. The summed E-state index contributed by atoms with van der Waals surface area (Å²) < 4.78 is 37.1. The van der Waals surface area contributed by atoms with Crippen LogP contribution in [0.3, 0.4) is 0 Å². The predicted molar refractivity (Wildman–Crippen MR) is 151 cm³/mol. The number of ether oxygens (including phenoxy) is 1. The summed E-state index contributed by atoms with van der Waals surface area (Å²) in [5.41, 5.74) is 1.07. The quantitative estimate of drug-likeness (QED) is 0.383. The van der Waals surface area contributed by atoms with Crippen LogP contribution in [0.25, 0.3) is 10.9 Å². The molecule has 1 unspecified atom stereocenters. The van der Waals surface area contributed by atoms with Gasteiger partial charge in [0.05, 0.1) is 23.4 Å². The van der Waals surface area contributed by atoms with Crippen molar-refractivity contribution in [2.24, 2.45) is 17.8 Å². The molecule has 2 fully saturated rings. The first kappa shape index (κ1) is 27.0. The molecule has 2 aromatic heterocycles. The van der Waals surface area contributed by atoms with Gasteiger partial charge in [-0.05, 0) is 62.1 Å². The molecule has 1 aliphatic carbocycles. The maximum absolute atomic E-state index is 15.0. The fourth-order valence-corrected chi connectivity index (χ4v) is 6.16. The van der Waals surface area contributed by atoms with Crippen molar-refractivity contribution in [2.45, 2.75) is 51.6 Å². The number of rotatable bonds is 6. The average molecular weight is 575 g/mol. The Kier molecular flexibility index (Phi) is 6.98. The second-order valence-corrected chi connectivity index (χ2v) is 11.7. The Hall–Kier alpha value is -3.18. The first-order valence-corrected chi connectivity index (χ1v) is 14.2. The third-order valence-corrected chi connectivity index (χ3v) is 8.35. The van der Waals surface area contributed by atoms with Crippen LogP contribution >= 0.6 is 11.6 Å². The highest BCUT2D eigenvalue weighted by Gasteiger charge is 2.51. The standard InChI is InChI=1S/C28H33ClF2N6O3/c1-3-37-21-7-6-18(33-25-20(29)10-32-27(35-25)36-11-15(2)8-16(12-36)13-38)9-19(21)22-23(26(37)39)40-14-28(30,31)24(34-22)17-4-5-17/h6-7,9-10,15-17,24,34,38H,3-5,8,11-14H2,1-2H3,(H,32,33,35)/t15-,16+,24?/m0/s1. The Bertz CT molecular complexity index is 1500. The SMILES string of the molecule is CCn1c(=O)c2c(c3cc(Nc4nc(N5C[C@@H](C)C[C@@H](CO)C5)ncc4Cl)ccc31)NC(C1CC1)C(F)(F)CO2. The molecule has 6 rings (SSSR count). The van der Waals surface area contributed by atoms with Crippen molar-refractivity contribution >= 4 is 45.6 Å². The van der Waals surface area contributed by atoms with Crippen molar-refractivity contribution in [3.63, 3.8) is 0 Å². The van der Waals surface area contributed by atoms with E-state index in [-0.39, 0.29) is 29.9 Å². The highest BCUT2D eigenvalue weighted by molar-refractivity contribution is 6.33. The summed E-state index contributed by atoms with van der Waals surface area (Å²) in [6, 6.07) is 4.27. The van der Waals surface area contributed by atoms with E-state index in [2.05, 4.69) is 32.4 Å². The molecule has 214 valence electrons. The van der Waals surface area contributed by atoms with Crippen LogP contribution in [0.2, 0.25) is 5.02 Å². The van der Waals surface area contributed by atoms with Gasteiger partial charge in [0.1, 0.15) is 5.02 Å². The number of nitrogens with one attached hydrogen (secondary N) is 2. The monoisotopic (exact) mass is 574 g/mol. The van der Waals surface area contributed by atoms with E-state index < -0.39 is 24.1 Å². The van der Waals surface area contributed by atoms with E-state index in [9.17, 15) is 9.90 Å². The summed E-state index contributed by atoms with van der Waals surface area (Å²) in [6.07, 6.45) is 3.91. The summed E-state index contributed by atoms with van der Waals surface area (Å²) >= 11 is 6.48. The van der Waals surface area contributed by atoms with Gasteiger partial charge >= 0.3 is 5.92 Å². The second-order valence-electron chi connectivity index (χ2n) is 11.3. The molecule has 9 nitrogen and oxygen atoms in total. The zero-order chi connectivity index (χ0) is 28.2. The van der Waals surface area contributed by atoms with Crippen LogP contribution in [-0.2, 0) is 6.54 Å². The Labute approximate surface area is 235 Å². The lowest BCUT2D eigenvalue weighted by molar-refractivity contribution is -0.0579. The van der Waals surface area contributed by atoms with Crippen LogP contribution < -0.4 is 25.8 Å². The first-order chi connectivity index (χ1) is 19.2. The molecule has 0 spiro atoms. The van der Waals surface area contributed by atoms with Gasteiger partial charge in [0.15, 0.2) is 12.4 Å². The summed E-state index contributed by atoms with van der Waals surface area (Å²) in [5.74, 6) is -1.94. The largest absolute Gasteiger partial charge is 0.480 e. The minimum absolute atomic E-state index is 0.0886. The molecule has 4 heterocycles. The molecule has 40 heavy (non-hydrogen) atoms. The minimum atomic E-state index is -3.11. The van der Waals surface area contributed by atoms with E-state index in [1.54, 1.807) is 24.4 Å². The smallest absolute Gasteiger partial charge is 0.301 e. The Balaban J connectivity index is 1.39. The van der Waals surface area contributed by atoms with Crippen molar-refractivity contribution in [2.75, 3.05) is 41.8 Å². The molecule has 12 heteroatoms. The van der Waals surface area contributed by atoms with Gasteiger partial charge in [0.25, 0.3) is 5.56 Å². The number of fused-ring (bicyclic) bond motifs is 3. The van der Waals surface area contributed by atoms with Crippen LogP contribution in [-0.4, -0.2) is 57.9 Å². The van der Waals surface area contributed by atoms with E-state index in [4.69, 9.17) is 16.3 Å². The number of aromatic nitrogens is 3. The fourth-order valence-electron chi connectivity index (χ4n) is 6.02. The van der Waals surface area contributed by atoms with Gasteiger partial charge in [0.2, 0.25) is 11.7 Å². The highest BCUT2D eigenvalue weighted by Crippen LogP contribution is 2.45. The molecule has 0 radical (unpaired) electrons. The number of anilines is 4. The molecule has 1 saturated carbocycles. The number of benzene rings is 1. The second kappa shape index (κ2) is 10.3. The van der Waals surface area contributed by atoms with Gasteiger partial charge in [-0.2, -0.15) is 4.98 Å². The molecule has 3 aliphatic rings.